The standard InChI is InChI=1S/C10H10F3NO3/c11-10(12,13)6-4-2-1-3-5(6)7(14)8(15)9(16)17/h1-4,7-8,15H,14H2,(H,16,17)/t7-,8-/m0/s1. The fraction of sp³-hybridized carbons (Fsp3) is 0.300. The molecule has 0 fully saturated rings. The van der Waals surface area contributed by atoms with Gasteiger partial charge in [0.1, 0.15) is 12.1 Å². The van der Waals surface area contributed by atoms with Crippen LogP contribution in [0.15, 0.2) is 24.3 Å². The van der Waals surface area contributed by atoms with Crippen molar-refractivity contribution in [2.75, 3.05) is 0 Å². The van der Waals surface area contributed by atoms with Crippen molar-refractivity contribution in [3.05, 3.63) is 35.4 Å². The normalized spacial score (nSPS) is 15.4. The summed E-state index contributed by atoms with van der Waals surface area (Å²) in [5.74, 6) is -1.86. The summed E-state index contributed by atoms with van der Waals surface area (Å²) in [6, 6.07) is 2.91. The molecule has 1 rings (SSSR count). The lowest BCUT2D eigenvalue weighted by atomic mass is 9.96. The number of alkyl halides is 3. The number of halogens is 3. The summed E-state index contributed by atoms with van der Waals surface area (Å²) in [5, 5.41) is 19.5. The number of hydrogen-bond acceptors (Lipinski definition) is 3. The van der Waals surface area contributed by atoms with Gasteiger partial charge in [-0.25, -0.2) is 0 Å². The third-order valence-corrected chi connectivity index (χ3v) is 2.29. The Morgan fingerprint density at radius 2 is 1.88 bits per heavy atom. The maximum atomic E-state index is 12.6. The molecule has 1 aromatic carbocycles. The van der Waals surface area contributed by atoms with Crippen molar-refractivity contribution in [1.82, 2.24) is 0 Å². The van der Waals surface area contributed by atoms with Crippen LogP contribution >= 0.6 is 0 Å². The van der Waals surface area contributed by atoms with Gasteiger partial charge in [0, 0.05) is 5.56 Å². The van der Waals surface area contributed by atoms with E-state index in [1.807, 2.05) is 0 Å². The Labute approximate surface area is 94.5 Å². The van der Waals surface area contributed by atoms with Gasteiger partial charge in [-0.3, -0.25) is 0 Å². The molecule has 0 aliphatic rings. The van der Waals surface area contributed by atoms with E-state index in [2.05, 4.69) is 5.73 Å². The number of carbonyl (C=O) groups excluding carboxylic acids is 1. The second kappa shape index (κ2) is 4.72. The average molecular weight is 249 g/mol. The first-order valence-electron chi connectivity index (χ1n) is 4.63. The molecule has 4 nitrogen and oxygen atoms in total. The number of carbonyl (C=O) groups is 1. The quantitative estimate of drug-likeness (QED) is 0.727. The summed E-state index contributed by atoms with van der Waals surface area (Å²) < 4.78 is 37.8. The van der Waals surface area contributed by atoms with Crippen LogP contribution < -0.4 is 10.8 Å². The molecule has 0 amide bonds. The summed E-state index contributed by atoms with van der Waals surface area (Å²) in [7, 11) is 0. The molecule has 0 saturated heterocycles. The van der Waals surface area contributed by atoms with Crippen LogP contribution in [0, 0.1) is 0 Å². The van der Waals surface area contributed by atoms with Crippen LogP contribution in [0.1, 0.15) is 17.2 Å². The van der Waals surface area contributed by atoms with E-state index in [4.69, 9.17) is 5.11 Å². The van der Waals surface area contributed by atoms with E-state index >= 15 is 0 Å². The van der Waals surface area contributed by atoms with Gasteiger partial charge in [0.15, 0.2) is 0 Å². The molecule has 4 N–H and O–H groups in total. The maximum Gasteiger partial charge on any atom is 0.416 e. The molecule has 1 aromatic rings. The van der Waals surface area contributed by atoms with Crippen molar-refractivity contribution in [2.45, 2.75) is 18.3 Å². The molecule has 7 heteroatoms. The van der Waals surface area contributed by atoms with Gasteiger partial charge in [-0.05, 0) is 6.07 Å². The highest BCUT2D eigenvalue weighted by Gasteiger charge is 2.37. The zero-order chi connectivity index (χ0) is 13.2. The second-order valence-corrected chi connectivity index (χ2v) is 3.46. The third kappa shape index (κ3) is 2.95. The minimum absolute atomic E-state index is 0.378. The van der Waals surface area contributed by atoms with Crippen molar-refractivity contribution in [2.24, 2.45) is 0 Å². The van der Waals surface area contributed by atoms with Crippen LogP contribution in [0.5, 0.6) is 0 Å². The average Bonchev–Trinajstić information content (AvgIpc) is 2.25. The molecule has 0 aromatic heterocycles. The van der Waals surface area contributed by atoms with Gasteiger partial charge in [0.05, 0.1) is 11.5 Å². The summed E-state index contributed by atoms with van der Waals surface area (Å²) >= 11 is 0. The Hall–Kier alpha value is -1.60. The highest BCUT2D eigenvalue weighted by molar-refractivity contribution is 5.70. The fourth-order valence-corrected chi connectivity index (χ4v) is 1.41. The molecular weight excluding hydrogens is 239 g/mol. The number of aliphatic hydroxyl groups excluding tert-OH is 1. The molecule has 0 bridgehead atoms. The fourth-order valence-electron chi connectivity index (χ4n) is 1.41. The molecular formula is C10H10F3NO3. The molecule has 0 aliphatic heterocycles. The van der Waals surface area contributed by atoms with E-state index in [-0.39, 0.29) is 5.56 Å². The lowest BCUT2D eigenvalue weighted by molar-refractivity contribution is -0.448. The maximum absolute atomic E-state index is 12.6. The number of aliphatic hydroxyl groups is 1. The summed E-state index contributed by atoms with van der Waals surface area (Å²) in [5.41, 5.74) is 1.84. The van der Waals surface area contributed by atoms with E-state index in [1.54, 1.807) is 0 Å². The van der Waals surface area contributed by atoms with Crippen LogP contribution in [0.25, 0.3) is 0 Å². The number of quaternary nitrogens is 1. The molecule has 17 heavy (non-hydrogen) atoms. The van der Waals surface area contributed by atoms with Crippen LogP contribution in [-0.2, 0) is 11.0 Å². The van der Waals surface area contributed by atoms with Crippen molar-refractivity contribution < 1.29 is 33.9 Å². The number of carboxylic acids is 1. The molecule has 0 spiro atoms. The first-order valence-corrected chi connectivity index (χ1v) is 4.63. The molecule has 0 radical (unpaired) electrons. The van der Waals surface area contributed by atoms with Gasteiger partial charge in [-0.1, -0.05) is 18.2 Å². The third-order valence-electron chi connectivity index (χ3n) is 2.29. The highest BCUT2D eigenvalue weighted by Crippen LogP contribution is 2.34. The second-order valence-electron chi connectivity index (χ2n) is 3.46. The van der Waals surface area contributed by atoms with Crippen molar-refractivity contribution >= 4 is 5.97 Å². The van der Waals surface area contributed by atoms with Gasteiger partial charge >= 0.3 is 6.18 Å². The topological polar surface area (TPSA) is 88.0 Å². The van der Waals surface area contributed by atoms with Crippen LogP contribution in [0.4, 0.5) is 13.2 Å². The van der Waals surface area contributed by atoms with E-state index < -0.39 is 29.9 Å². The molecule has 2 atom stereocenters. The Balaban J connectivity index is 3.18. The molecule has 0 saturated carbocycles. The lowest BCUT2D eigenvalue weighted by Gasteiger charge is -2.20. The largest absolute Gasteiger partial charge is 0.547 e. The van der Waals surface area contributed by atoms with Gasteiger partial charge in [0.2, 0.25) is 0 Å². The van der Waals surface area contributed by atoms with Gasteiger partial charge in [0.25, 0.3) is 0 Å². The Kier molecular flexibility index (Phi) is 3.74. The highest BCUT2D eigenvalue weighted by atomic mass is 19.4. The van der Waals surface area contributed by atoms with E-state index in [1.165, 1.54) is 12.1 Å². The molecule has 0 heterocycles. The van der Waals surface area contributed by atoms with Crippen LogP contribution in [0.3, 0.4) is 0 Å². The predicted octanol–water partition coefficient (Wildman–Crippen LogP) is -0.901. The van der Waals surface area contributed by atoms with Crippen molar-refractivity contribution in [3.8, 4) is 0 Å². The Morgan fingerprint density at radius 3 is 2.35 bits per heavy atom. The predicted molar refractivity (Wildman–Crippen MR) is 48.1 cm³/mol. The number of rotatable bonds is 3. The van der Waals surface area contributed by atoms with E-state index in [0.717, 1.165) is 12.1 Å². The lowest BCUT2D eigenvalue weighted by Crippen LogP contribution is -2.62. The first kappa shape index (κ1) is 13.5. The number of hydrogen-bond donors (Lipinski definition) is 2. The zero-order valence-corrected chi connectivity index (χ0v) is 8.57. The first-order chi connectivity index (χ1) is 7.75. The van der Waals surface area contributed by atoms with Crippen molar-refractivity contribution in [1.29, 1.82) is 0 Å². The SMILES string of the molecule is [NH3+][C@@H](c1ccccc1C(F)(F)F)[C@H](O)C(=O)[O-]. The van der Waals surface area contributed by atoms with Crippen LogP contribution in [-0.4, -0.2) is 17.2 Å². The number of aliphatic carboxylic acids is 1. The molecule has 0 unspecified atom stereocenters. The number of carboxylic acid groups (broad SMARTS) is 1. The van der Waals surface area contributed by atoms with Gasteiger partial charge in [-0.15, -0.1) is 0 Å². The van der Waals surface area contributed by atoms with Crippen LogP contribution in [0.2, 0.25) is 0 Å². The molecule has 0 aliphatic carbocycles. The molecule has 94 valence electrons. The van der Waals surface area contributed by atoms with Crippen molar-refractivity contribution in [3.63, 3.8) is 0 Å². The summed E-state index contributed by atoms with van der Waals surface area (Å²) in [6.07, 6.45) is -6.71. The minimum atomic E-state index is -4.63. The van der Waals surface area contributed by atoms with E-state index in [9.17, 15) is 23.1 Å². The van der Waals surface area contributed by atoms with Gasteiger partial charge in [-0.2, -0.15) is 13.2 Å². The Bertz CT molecular complexity index is 420. The monoisotopic (exact) mass is 249 g/mol. The number of benzene rings is 1. The minimum Gasteiger partial charge on any atom is -0.547 e. The zero-order valence-electron chi connectivity index (χ0n) is 8.57. The Morgan fingerprint density at radius 1 is 1.35 bits per heavy atom. The smallest absolute Gasteiger partial charge is 0.416 e. The summed E-state index contributed by atoms with van der Waals surface area (Å²) in [6.45, 7) is 0. The van der Waals surface area contributed by atoms with Gasteiger partial charge < -0.3 is 20.7 Å². The summed E-state index contributed by atoms with van der Waals surface area (Å²) in [4.78, 5) is 10.4. The van der Waals surface area contributed by atoms with E-state index in [0.29, 0.717) is 0 Å².